The third-order valence-corrected chi connectivity index (χ3v) is 5.46. The maximum Gasteiger partial charge on any atom is 0.254 e. The molecule has 2 amide bonds. The van der Waals surface area contributed by atoms with Crippen LogP contribution in [-0.4, -0.2) is 54.8 Å². The van der Waals surface area contributed by atoms with E-state index in [9.17, 15) is 9.59 Å². The molecular weight excluding hydrogens is 370 g/mol. The monoisotopic (exact) mass is 397 g/mol. The first-order chi connectivity index (χ1) is 13.5. The molecular formula is C22H27N3O2S. The molecule has 2 aromatic carbocycles. The number of benzene rings is 2. The Morgan fingerprint density at radius 3 is 2.32 bits per heavy atom. The molecule has 1 aliphatic rings. The summed E-state index contributed by atoms with van der Waals surface area (Å²) in [5, 5.41) is 2.97. The summed E-state index contributed by atoms with van der Waals surface area (Å²) < 4.78 is 0. The molecule has 1 saturated heterocycles. The van der Waals surface area contributed by atoms with Gasteiger partial charge in [-0.1, -0.05) is 43.3 Å². The van der Waals surface area contributed by atoms with Crippen molar-refractivity contribution in [1.29, 1.82) is 0 Å². The Hall–Kier alpha value is -2.31. The summed E-state index contributed by atoms with van der Waals surface area (Å²) in [6.07, 6.45) is 0.379. The van der Waals surface area contributed by atoms with E-state index in [1.54, 1.807) is 0 Å². The topological polar surface area (TPSA) is 52.7 Å². The molecule has 1 heterocycles. The second kappa shape index (κ2) is 9.26. The van der Waals surface area contributed by atoms with Crippen LogP contribution < -0.4 is 5.32 Å². The van der Waals surface area contributed by atoms with Gasteiger partial charge in [0.1, 0.15) is 0 Å². The van der Waals surface area contributed by atoms with Gasteiger partial charge in [-0.25, -0.2) is 0 Å². The number of thiol groups is 1. The molecule has 0 unspecified atom stereocenters. The molecule has 0 bridgehead atoms. The number of carbonyl (C=O) groups is 2. The fourth-order valence-corrected chi connectivity index (χ4v) is 3.70. The molecule has 148 valence electrons. The van der Waals surface area contributed by atoms with Crippen LogP contribution in [0.15, 0.2) is 42.5 Å². The molecule has 0 aromatic heterocycles. The summed E-state index contributed by atoms with van der Waals surface area (Å²) in [7, 11) is 2.07. The zero-order valence-corrected chi connectivity index (χ0v) is 17.3. The number of likely N-dealkylation sites (N-methyl/N-ethyl adjacent to an activating group) is 1. The molecule has 0 saturated carbocycles. The number of rotatable bonds is 5. The van der Waals surface area contributed by atoms with E-state index in [4.69, 9.17) is 0 Å². The number of hydrogen-bond donors (Lipinski definition) is 2. The average molecular weight is 398 g/mol. The summed E-state index contributed by atoms with van der Waals surface area (Å²) in [5.74, 6) is 0.383. The minimum absolute atomic E-state index is 0.00333. The van der Waals surface area contributed by atoms with Crippen molar-refractivity contribution in [2.75, 3.05) is 38.5 Å². The fraction of sp³-hybridized carbons (Fsp3) is 0.364. The first kappa shape index (κ1) is 20.4. The summed E-state index contributed by atoms with van der Waals surface area (Å²) in [4.78, 5) is 29.8. The SMILES string of the molecule is CCC(=O)Nc1ccc(CS)c(C(=O)N2CCN(C)CC2)c1-c1ccccc1. The smallest absolute Gasteiger partial charge is 0.254 e. The van der Waals surface area contributed by atoms with E-state index in [0.717, 1.165) is 29.8 Å². The fourth-order valence-electron chi connectivity index (χ4n) is 3.44. The average Bonchev–Trinajstić information content (AvgIpc) is 2.74. The van der Waals surface area contributed by atoms with Crippen LogP contribution in [0.2, 0.25) is 0 Å². The zero-order valence-electron chi connectivity index (χ0n) is 16.4. The van der Waals surface area contributed by atoms with Gasteiger partial charge in [-0.3, -0.25) is 9.59 Å². The van der Waals surface area contributed by atoms with Crippen LogP contribution in [-0.2, 0) is 10.5 Å². The van der Waals surface area contributed by atoms with Crippen LogP contribution in [0.3, 0.4) is 0 Å². The lowest BCUT2D eigenvalue weighted by Gasteiger charge is -2.33. The van der Waals surface area contributed by atoms with Gasteiger partial charge in [-0.2, -0.15) is 12.6 Å². The van der Waals surface area contributed by atoms with Crippen LogP contribution >= 0.6 is 12.6 Å². The van der Waals surface area contributed by atoms with Crippen molar-refractivity contribution in [2.45, 2.75) is 19.1 Å². The minimum atomic E-state index is -0.0752. The van der Waals surface area contributed by atoms with Crippen molar-refractivity contribution in [1.82, 2.24) is 9.80 Å². The molecule has 6 heteroatoms. The van der Waals surface area contributed by atoms with Gasteiger partial charge < -0.3 is 15.1 Å². The van der Waals surface area contributed by atoms with E-state index in [0.29, 0.717) is 36.5 Å². The zero-order chi connectivity index (χ0) is 20.1. The molecule has 5 nitrogen and oxygen atoms in total. The van der Waals surface area contributed by atoms with Crippen molar-refractivity contribution in [3.05, 3.63) is 53.6 Å². The molecule has 1 fully saturated rings. The highest BCUT2D eigenvalue weighted by molar-refractivity contribution is 7.79. The number of carbonyl (C=O) groups excluding carboxylic acids is 2. The van der Waals surface area contributed by atoms with Crippen LogP contribution in [0.5, 0.6) is 0 Å². The van der Waals surface area contributed by atoms with Crippen molar-refractivity contribution >= 4 is 30.1 Å². The van der Waals surface area contributed by atoms with E-state index in [-0.39, 0.29) is 11.8 Å². The number of anilines is 1. The minimum Gasteiger partial charge on any atom is -0.336 e. The van der Waals surface area contributed by atoms with Gasteiger partial charge >= 0.3 is 0 Å². The lowest BCUT2D eigenvalue weighted by Crippen LogP contribution is -2.47. The number of hydrogen-bond acceptors (Lipinski definition) is 4. The van der Waals surface area contributed by atoms with E-state index in [1.165, 1.54) is 0 Å². The summed E-state index contributed by atoms with van der Waals surface area (Å²) in [5.41, 5.74) is 3.87. The molecule has 3 rings (SSSR count). The van der Waals surface area contributed by atoms with Crippen LogP contribution in [0, 0.1) is 0 Å². The van der Waals surface area contributed by atoms with E-state index < -0.39 is 0 Å². The van der Waals surface area contributed by atoms with E-state index in [1.807, 2.05) is 54.3 Å². The van der Waals surface area contributed by atoms with Crippen LogP contribution in [0.25, 0.3) is 11.1 Å². The van der Waals surface area contributed by atoms with E-state index >= 15 is 0 Å². The maximum absolute atomic E-state index is 13.5. The second-order valence-corrected chi connectivity index (χ2v) is 7.36. The van der Waals surface area contributed by atoms with Crippen LogP contribution in [0.4, 0.5) is 5.69 Å². The Kier molecular flexibility index (Phi) is 6.75. The first-order valence-electron chi connectivity index (χ1n) is 9.65. The molecule has 0 radical (unpaired) electrons. The molecule has 1 N–H and O–H groups in total. The lowest BCUT2D eigenvalue weighted by atomic mass is 9.92. The standard InChI is InChI=1S/C22H27N3O2S/c1-3-19(26)23-18-10-9-17(15-28)21(20(18)16-7-5-4-6-8-16)22(27)25-13-11-24(2)12-14-25/h4-10,28H,3,11-15H2,1-2H3,(H,23,26). The largest absolute Gasteiger partial charge is 0.336 e. The highest BCUT2D eigenvalue weighted by atomic mass is 32.1. The Labute approximate surface area is 172 Å². The van der Waals surface area contributed by atoms with Crippen molar-refractivity contribution in [2.24, 2.45) is 0 Å². The molecule has 0 spiro atoms. The van der Waals surface area contributed by atoms with E-state index in [2.05, 4.69) is 29.9 Å². The highest BCUT2D eigenvalue weighted by Crippen LogP contribution is 2.35. The van der Waals surface area contributed by atoms with Gasteiger partial charge in [0.2, 0.25) is 5.91 Å². The number of amides is 2. The predicted molar refractivity (Wildman–Crippen MR) is 117 cm³/mol. The van der Waals surface area contributed by atoms with Crippen molar-refractivity contribution in [3.8, 4) is 11.1 Å². The molecule has 0 atom stereocenters. The van der Waals surface area contributed by atoms with Crippen LogP contribution in [0.1, 0.15) is 29.3 Å². The molecule has 0 aliphatic carbocycles. The number of nitrogens with one attached hydrogen (secondary N) is 1. The summed E-state index contributed by atoms with van der Waals surface area (Å²) >= 11 is 4.47. The van der Waals surface area contributed by atoms with Gasteiger partial charge in [-0.05, 0) is 24.2 Å². The maximum atomic E-state index is 13.5. The number of nitrogens with zero attached hydrogens (tertiary/aromatic N) is 2. The van der Waals surface area contributed by atoms with Gasteiger partial charge in [0.15, 0.2) is 0 Å². The molecule has 1 aliphatic heterocycles. The first-order valence-corrected chi connectivity index (χ1v) is 10.3. The summed E-state index contributed by atoms with van der Waals surface area (Å²) in [6.45, 7) is 4.92. The highest BCUT2D eigenvalue weighted by Gasteiger charge is 2.27. The Bertz CT molecular complexity index is 846. The third-order valence-electron chi connectivity index (χ3n) is 5.12. The third kappa shape index (κ3) is 4.39. The summed E-state index contributed by atoms with van der Waals surface area (Å²) in [6, 6.07) is 13.5. The van der Waals surface area contributed by atoms with Gasteiger partial charge in [0.05, 0.1) is 5.56 Å². The number of piperazine rings is 1. The normalized spacial score (nSPS) is 14.8. The Morgan fingerprint density at radius 1 is 1.04 bits per heavy atom. The second-order valence-electron chi connectivity index (χ2n) is 7.04. The Balaban J connectivity index is 2.14. The van der Waals surface area contributed by atoms with Gasteiger partial charge in [0, 0.05) is 49.6 Å². The lowest BCUT2D eigenvalue weighted by molar-refractivity contribution is -0.115. The molecule has 28 heavy (non-hydrogen) atoms. The van der Waals surface area contributed by atoms with Gasteiger partial charge in [-0.15, -0.1) is 0 Å². The van der Waals surface area contributed by atoms with Crippen molar-refractivity contribution < 1.29 is 9.59 Å². The molecule has 2 aromatic rings. The van der Waals surface area contributed by atoms with Gasteiger partial charge in [0.25, 0.3) is 5.91 Å². The quantitative estimate of drug-likeness (QED) is 0.759. The predicted octanol–water partition coefficient (Wildman–Crippen LogP) is 3.52. The van der Waals surface area contributed by atoms with Crippen molar-refractivity contribution in [3.63, 3.8) is 0 Å². The Morgan fingerprint density at radius 2 is 1.71 bits per heavy atom.